The molecule has 1 aliphatic rings. The zero-order valence-corrected chi connectivity index (χ0v) is 20.0. The van der Waals surface area contributed by atoms with Crippen LogP contribution in [0.25, 0.3) is 16.6 Å². The van der Waals surface area contributed by atoms with Crippen LogP contribution in [0.2, 0.25) is 0 Å². The molecule has 0 aliphatic heterocycles. The van der Waals surface area contributed by atoms with E-state index in [0.29, 0.717) is 21.9 Å². The molecule has 174 valence electrons. The Morgan fingerprint density at radius 3 is 2.63 bits per heavy atom. The van der Waals surface area contributed by atoms with Gasteiger partial charge in [0.25, 0.3) is 5.91 Å². The van der Waals surface area contributed by atoms with Crippen LogP contribution in [0.1, 0.15) is 34.3 Å². The molecule has 35 heavy (non-hydrogen) atoms. The number of pyridine rings is 2. The second-order valence-corrected chi connectivity index (χ2v) is 8.61. The van der Waals surface area contributed by atoms with Gasteiger partial charge in [0.1, 0.15) is 22.4 Å². The first kappa shape index (κ1) is 22.5. The summed E-state index contributed by atoms with van der Waals surface area (Å²) in [6.07, 6.45) is 5.38. The number of benzene rings is 1. The molecular weight excluding hydrogens is 460 g/mol. The lowest BCUT2D eigenvalue weighted by Gasteiger charge is -2.22. The molecule has 4 aromatic rings. The van der Waals surface area contributed by atoms with E-state index >= 15 is 0 Å². The number of fused-ring (bicyclic) bond motifs is 1. The zero-order chi connectivity index (χ0) is 24.5. The van der Waals surface area contributed by atoms with Crippen molar-refractivity contribution in [2.45, 2.75) is 18.9 Å². The number of carbonyl (C=O) groups excluding carboxylic acids is 1. The van der Waals surface area contributed by atoms with Gasteiger partial charge in [-0.2, -0.15) is 15.3 Å². The van der Waals surface area contributed by atoms with Crippen molar-refractivity contribution in [1.29, 1.82) is 5.26 Å². The largest absolute Gasteiger partial charge is 0.480 e. The molecule has 3 heterocycles. The standard InChI is InChI=1S/C26H22N6O2S/c1-28-25(35)17-5-3-16(4-6-17)21-15-29-31-12-11-18(13-22(21)31)26(33)32(20-8-9-20)23-10-7-19(14-27)24(30-23)34-2/h3-7,10-13,15,20H,8-9H2,1-2H3,(H,28,35). The highest BCUT2D eigenvalue weighted by molar-refractivity contribution is 7.80. The Morgan fingerprint density at radius 1 is 1.20 bits per heavy atom. The molecule has 8 nitrogen and oxygen atoms in total. The predicted octanol–water partition coefficient (Wildman–Crippen LogP) is 3.98. The summed E-state index contributed by atoms with van der Waals surface area (Å²) < 4.78 is 7.01. The molecule has 0 radical (unpaired) electrons. The number of aromatic nitrogens is 3. The maximum absolute atomic E-state index is 13.7. The van der Waals surface area contributed by atoms with Crippen LogP contribution in [0.4, 0.5) is 5.82 Å². The fourth-order valence-electron chi connectivity index (χ4n) is 4.02. The molecule has 1 fully saturated rings. The fraction of sp³-hybridized carbons (Fsp3) is 0.192. The quantitative estimate of drug-likeness (QED) is 0.415. The van der Waals surface area contributed by atoms with Crippen molar-refractivity contribution in [2.75, 3.05) is 19.1 Å². The van der Waals surface area contributed by atoms with E-state index in [2.05, 4.69) is 21.5 Å². The van der Waals surface area contributed by atoms with Gasteiger partial charge >= 0.3 is 0 Å². The van der Waals surface area contributed by atoms with E-state index in [4.69, 9.17) is 17.0 Å². The molecule has 1 aromatic carbocycles. The van der Waals surface area contributed by atoms with Gasteiger partial charge in [0.2, 0.25) is 5.88 Å². The van der Waals surface area contributed by atoms with Crippen molar-refractivity contribution in [3.8, 4) is 23.1 Å². The van der Waals surface area contributed by atoms with Crippen LogP contribution < -0.4 is 15.0 Å². The lowest BCUT2D eigenvalue weighted by molar-refractivity contribution is 0.0984. The molecule has 1 N–H and O–H groups in total. The average Bonchev–Trinajstić information content (AvgIpc) is 3.65. The minimum Gasteiger partial charge on any atom is -0.480 e. The highest BCUT2D eigenvalue weighted by Crippen LogP contribution is 2.34. The average molecular weight is 483 g/mol. The Balaban J connectivity index is 1.51. The number of hydrogen-bond acceptors (Lipinski definition) is 6. The summed E-state index contributed by atoms with van der Waals surface area (Å²) in [5.74, 6) is 0.521. The second kappa shape index (κ2) is 9.16. The van der Waals surface area contributed by atoms with Crippen LogP contribution in [-0.2, 0) is 0 Å². The van der Waals surface area contributed by atoms with Crippen LogP contribution in [0, 0.1) is 11.3 Å². The number of anilines is 1. The summed E-state index contributed by atoms with van der Waals surface area (Å²) in [7, 11) is 3.26. The summed E-state index contributed by atoms with van der Waals surface area (Å²) in [5.41, 5.74) is 4.50. The van der Waals surface area contributed by atoms with Crippen LogP contribution >= 0.6 is 12.2 Å². The number of ether oxygens (including phenoxy) is 1. The van der Waals surface area contributed by atoms with Gasteiger partial charge in [-0.1, -0.05) is 36.5 Å². The number of nitriles is 1. The Bertz CT molecular complexity index is 1480. The highest BCUT2D eigenvalue weighted by atomic mass is 32.1. The number of nitrogens with one attached hydrogen (secondary N) is 1. The maximum Gasteiger partial charge on any atom is 0.259 e. The van der Waals surface area contributed by atoms with Crippen LogP contribution in [0.3, 0.4) is 0 Å². The number of hydrogen-bond donors (Lipinski definition) is 1. The summed E-state index contributed by atoms with van der Waals surface area (Å²) in [6, 6.07) is 17.0. The normalized spacial score (nSPS) is 12.7. The van der Waals surface area contributed by atoms with Gasteiger partial charge in [-0.05, 0) is 42.7 Å². The first-order valence-corrected chi connectivity index (χ1v) is 11.5. The first-order chi connectivity index (χ1) is 17.0. The lowest BCUT2D eigenvalue weighted by atomic mass is 10.0. The van der Waals surface area contributed by atoms with Crippen LogP contribution in [-0.4, -0.2) is 45.7 Å². The van der Waals surface area contributed by atoms with Gasteiger partial charge in [-0.15, -0.1) is 0 Å². The summed E-state index contributed by atoms with van der Waals surface area (Å²) in [6.45, 7) is 0. The third-order valence-corrected chi connectivity index (χ3v) is 6.43. The van der Waals surface area contributed by atoms with E-state index in [1.54, 1.807) is 47.1 Å². The van der Waals surface area contributed by atoms with E-state index < -0.39 is 0 Å². The molecule has 1 saturated carbocycles. The van der Waals surface area contributed by atoms with Crippen molar-refractivity contribution >= 4 is 34.4 Å². The molecule has 1 aliphatic carbocycles. The summed E-state index contributed by atoms with van der Waals surface area (Å²) in [5, 5.41) is 16.7. The predicted molar refractivity (Wildman–Crippen MR) is 137 cm³/mol. The third kappa shape index (κ3) is 4.20. The second-order valence-electron chi connectivity index (χ2n) is 8.20. The lowest BCUT2D eigenvalue weighted by Crippen LogP contribution is -2.34. The van der Waals surface area contributed by atoms with Crippen molar-refractivity contribution in [2.24, 2.45) is 0 Å². The Labute approximate surface area is 207 Å². The van der Waals surface area contributed by atoms with E-state index in [1.165, 1.54) is 7.11 Å². The van der Waals surface area contributed by atoms with E-state index in [0.717, 1.165) is 35.0 Å². The Morgan fingerprint density at radius 2 is 1.97 bits per heavy atom. The number of rotatable bonds is 6. The molecule has 0 atom stereocenters. The number of nitrogens with zero attached hydrogens (tertiary/aromatic N) is 5. The number of thiocarbonyl (C=S) groups is 1. The summed E-state index contributed by atoms with van der Waals surface area (Å²) in [4.78, 5) is 20.5. The van der Waals surface area contributed by atoms with E-state index in [9.17, 15) is 10.1 Å². The zero-order valence-electron chi connectivity index (χ0n) is 19.2. The van der Waals surface area contributed by atoms with Crippen molar-refractivity contribution in [1.82, 2.24) is 19.9 Å². The minimum absolute atomic E-state index is 0.0665. The van der Waals surface area contributed by atoms with Crippen molar-refractivity contribution in [3.63, 3.8) is 0 Å². The number of carbonyl (C=O) groups is 1. The van der Waals surface area contributed by atoms with Gasteiger partial charge < -0.3 is 10.1 Å². The van der Waals surface area contributed by atoms with E-state index in [-0.39, 0.29) is 17.8 Å². The summed E-state index contributed by atoms with van der Waals surface area (Å²) >= 11 is 5.31. The molecule has 0 spiro atoms. The van der Waals surface area contributed by atoms with Crippen molar-refractivity contribution < 1.29 is 9.53 Å². The molecule has 0 saturated heterocycles. The maximum atomic E-state index is 13.7. The topological polar surface area (TPSA) is 95.6 Å². The SMILES string of the molecule is CNC(=S)c1ccc(-c2cnn3ccc(C(=O)N(c4ccc(C#N)c(OC)n4)C4CC4)cc23)cc1. The van der Waals surface area contributed by atoms with Crippen LogP contribution in [0.5, 0.6) is 5.88 Å². The molecular formula is C26H22N6O2S. The molecule has 9 heteroatoms. The molecule has 1 amide bonds. The molecule has 0 bridgehead atoms. The third-order valence-electron chi connectivity index (χ3n) is 5.99. The molecule has 3 aromatic heterocycles. The number of methoxy groups -OCH3 is 1. The van der Waals surface area contributed by atoms with Gasteiger partial charge in [0.15, 0.2) is 0 Å². The number of amides is 1. The smallest absolute Gasteiger partial charge is 0.259 e. The van der Waals surface area contributed by atoms with E-state index in [1.807, 2.05) is 30.3 Å². The minimum atomic E-state index is -0.156. The van der Waals surface area contributed by atoms with Crippen LogP contribution in [0.15, 0.2) is 60.9 Å². The monoisotopic (exact) mass is 482 g/mol. The Kier molecular flexibility index (Phi) is 5.89. The fourth-order valence-corrected chi connectivity index (χ4v) is 4.15. The van der Waals surface area contributed by atoms with Gasteiger partial charge in [-0.25, -0.2) is 4.52 Å². The van der Waals surface area contributed by atoms with Gasteiger partial charge in [-0.3, -0.25) is 9.69 Å². The van der Waals surface area contributed by atoms with Gasteiger partial charge in [0.05, 0.1) is 18.8 Å². The van der Waals surface area contributed by atoms with Gasteiger partial charge in [0, 0.05) is 36.0 Å². The molecule has 5 rings (SSSR count). The Hall–Kier alpha value is -4.29. The first-order valence-electron chi connectivity index (χ1n) is 11.1. The van der Waals surface area contributed by atoms with Crippen molar-refractivity contribution in [3.05, 3.63) is 77.6 Å². The molecule has 0 unspecified atom stereocenters. The highest BCUT2D eigenvalue weighted by Gasteiger charge is 2.35.